The van der Waals surface area contributed by atoms with Crippen LogP contribution in [0.5, 0.6) is 0 Å². The minimum absolute atomic E-state index is 0.426. The van der Waals surface area contributed by atoms with Crippen molar-refractivity contribution >= 4 is 11.6 Å². The summed E-state index contributed by atoms with van der Waals surface area (Å²) in [6, 6.07) is 0.778. The second kappa shape index (κ2) is 10.2. The maximum atomic E-state index is 5.69. The molecule has 120 valence electrons. The average molecular weight is 314 g/mol. The van der Waals surface area contributed by atoms with Crippen molar-refractivity contribution in [3.63, 3.8) is 0 Å². The highest BCUT2D eigenvalue weighted by Gasteiger charge is 2.11. The van der Waals surface area contributed by atoms with Crippen LogP contribution in [0.2, 0.25) is 0 Å². The number of nitrogens with one attached hydrogen (secondary N) is 2. The van der Waals surface area contributed by atoms with E-state index in [2.05, 4.69) is 15.6 Å². The topological polar surface area (TPSA) is 50.1 Å². The molecule has 0 bridgehead atoms. The van der Waals surface area contributed by atoms with Gasteiger partial charge in [-0.25, -0.2) is 4.98 Å². The quantitative estimate of drug-likeness (QED) is 0.514. The van der Waals surface area contributed by atoms with E-state index < -0.39 is 0 Å². The Morgan fingerprint density at radius 1 is 1.14 bits per heavy atom. The zero-order valence-electron chi connectivity index (χ0n) is 12.9. The summed E-state index contributed by atoms with van der Waals surface area (Å²) in [5.41, 5.74) is 0.827. The van der Waals surface area contributed by atoms with Gasteiger partial charge in [0, 0.05) is 12.5 Å². The van der Waals surface area contributed by atoms with Crippen LogP contribution in [-0.2, 0) is 12.3 Å². The van der Waals surface area contributed by atoms with E-state index in [1.54, 1.807) is 6.26 Å². The Balaban J connectivity index is 1.39. The van der Waals surface area contributed by atoms with Gasteiger partial charge in [-0.05, 0) is 45.3 Å². The molecule has 0 saturated heterocycles. The lowest BCUT2D eigenvalue weighted by molar-refractivity contribution is 0.371. The highest BCUT2D eigenvalue weighted by Crippen LogP contribution is 2.17. The van der Waals surface area contributed by atoms with Crippen molar-refractivity contribution in [1.29, 1.82) is 0 Å². The first kappa shape index (κ1) is 16.8. The summed E-state index contributed by atoms with van der Waals surface area (Å²) in [6.45, 7) is 3.23. The molecule has 2 rings (SSSR count). The zero-order valence-corrected chi connectivity index (χ0v) is 13.6. The fourth-order valence-electron chi connectivity index (χ4n) is 2.84. The molecule has 0 aromatic carbocycles. The summed E-state index contributed by atoms with van der Waals surface area (Å²) >= 11 is 5.69. The van der Waals surface area contributed by atoms with Gasteiger partial charge in [0.25, 0.3) is 0 Å². The molecule has 5 heteroatoms. The average Bonchev–Trinajstić information content (AvgIpc) is 2.99. The van der Waals surface area contributed by atoms with E-state index in [0.29, 0.717) is 5.88 Å². The van der Waals surface area contributed by atoms with Crippen LogP contribution in [0.3, 0.4) is 0 Å². The first-order valence-electron chi connectivity index (χ1n) is 8.32. The van der Waals surface area contributed by atoms with Gasteiger partial charge in [0.2, 0.25) is 0 Å². The van der Waals surface area contributed by atoms with E-state index in [1.165, 1.54) is 38.5 Å². The molecule has 2 N–H and O–H groups in total. The summed E-state index contributed by atoms with van der Waals surface area (Å²) in [5, 5.41) is 7.15. The lowest BCUT2D eigenvalue weighted by Gasteiger charge is -2.22. The van der Waals surface area contributed by atoms with Crippen molar-refractivity contribution in [2.45, 2.75) is 63.3 Å². The molecule has 1 aromatic heterocycles. The smallest absolute Gasteiger partial charge is 0.194 e. The molecule has 1 saturated carbocycles. The standard InChI is InChI=1S/C16H28ClN3O/c17-12-15-13-21-16(20-15)8-4-9-18-10-5-11-19-14-6-2-1-3-7-14/h13-14,18-19H,1-12H2. The van der Waals surface area contributed by atoms with Crippen LogP contribution in [0, 0.1) is 0 Å². The van der Waals surface area contributed by atoms with E-state index in [-0.39, 0.29) is 0 Å². The Morgan fingerprint density at radius 3 is 2.71 bits per heavy atom. The molecule has 0 aliphatic heterocycles. The first-order valence-corrected chi connectivity index (χ1v) is 8.85. The van der Waals surface area contributed by atoms with Crippen LogP contribution in [0.1, 0.15) is 56.5 Å². The number of oxazole rings is 1. The molecular formula is C16H28ClN3O. The third kappa shape index (κ3) is 6.81. The van der Waals surface area contributed by atoms with Gasteiger partial charge in [-0.3, -0.25) is 0 Å². The molecule has 0 amide bonds. The molecule has 1 heterocycles. The van der Waals surface area contributed by atoms with Gasteiger partial charge >= 0.3 is 0 Å². The summed E-state index contributed by atoms with van der Waals surface area (Å²) in [6.07, 6.45) is 11.8. The Kier molecular flexibility index (Phi) is 8.15. The van der Waals surface area contributed by atoms with Crippen LogP contribution >= 0.6 is 11.6 Å². The van der Waals surface area contributed by atoms with Crippen molar-refractivity contribution in [3.05, 3.63) is 17.8 Å². The molecule has 0 unspecified atom stereocenters. The van der Waals surface area contributed by atoms with E-state index in [4.69, 9.17) is 16.0 Å². The number of rotatable bonds is 10. The first-order chi connectivity index (χ1) is 10.4. The molecule has 1 aliphatic rings. The second-order valence-corrected chi connectivity index (χ2v) is 6.13. The van der Waals surface area contributed by atoms with E-state index >= 15 is 0 Å². The summed E-state index contributed by atoms with van der Waals surface area (Å²) in [5.74, 6) is 1.22. The second-order valence-electron chi connectivity index (χ2n) is 5.86. The van der Waals surface area contributed by atoms with Gasteiger partial charge in [-0.15, -0.1) is 11.6 Å². The Labute approximate surface area is 133 Å². The third-order valence-corrected chi connectivity index (χ3v) is 4.32. The summed E-state index contributed by atoms with van der Waals surface area (Å²) < 4.78 is 5.33. The monoisotopic (exact) mass is 313 g/mol. The van der Waals surface area contributed by atoms with Crippen LogP contribution < -0.4 is 10.6 Å². The number of alkyl halides is 1. The van der Waals surface area contributed by atoms with Crippen LogP contribution in [0.25, 0.3) is 0 Å². The number of aryl methyl sites for hydroxylation is 1. The minimum atomic E-state index is 0.426. The molecule has 21 heavy (non-hydrogen) atoms. The molecule has 1 fully saturated rings. The maximum Gasteiger partial charge on any atom is 0.194 e. The van der Waals surface area contributed by atoms with Crippen molar-refractivity contribution in [3.8, 4) is 0 Å². The van der Waals surface area contributed by atoms with Gasteiger partial charge in [0.05, 0.1) is 11.6 Å². The highest BCUT2D eigenvalue weighted by atomic mass is 35.5. The van der Waals surface area contributed by atoms with Gasteiger partial charge in [0.15, 0.2) is 5.89 Å². The van der Waals surface area contributed by atoms with Crippen molar-refractivity contribution < 1.29 is 4.42 Å². The van der Waals surface area contributed by atoms with Crippen LogP contribution in [-0.4, -0.2) is 30.7 Å². The lowest BCUT2D eigenvalue weighted by atomic mass is 9.95. The maximum absolute atomic E-state index is 5.69. The van der Waals surface area contributed by atoms with E-state index in [9.17, 15) is 0 Å². The number of hydrogen-bond donors (Lipinski definition) is 2. The Hall–Kier alpha value is -0.580. The van der Waals surface area contributed by atoms with Gasteiger partial charge in [-0.2, -0.15) is 0 Å². The third-order valence-electron chi connectivity index (χ3n) is 4.05. The predicted octanol–water partition coefficient (Wildman–Crippen LogP) is 3.25. The number of nitrogens with zero attached hydrogens (tertiary/aromatic N) is 1. The number of aromatic nitrogens is 1. The summed E-state index contributed by atoms with van der Waals surface area (Å²) in [7, 11) is 0. The molecule has 1 aliphatic carbocycles. The number of halogens is 1. The fraction of sp³-hybridized carbons (Fsp3) is 0.812. The van der Waals surface area contributed by atoms with Crippen molar-refractivity contribution in [2.75, 3.05) is 19.6 Å². The Morgan fingerprint density at radius 2 is 1.95 bits per heavy atom. The molecule has 0 atom stereocenters. The van der Waals surface area contributed by atoms with Crippen molar-refractivity contribution in [2.24, 2.45) is 0 Å². The lowest BCUT2D eigenvalue weighted by Crippen LogP contribution is -2.33. The van der Waals surface area contributed by atoms with Crippen LogP contribution in [0.4, 0.5) is 0 Å². The van der Waals surface area contributed by atoms with E-state index in [0.717, 1.165) is 50.1 Å². The zero-order chi connectivity index (χ0) is 14.8. The molecular weight excluding hydrogens is 286 g/mol. The van der Waals surface area contributed by atoms with Crippen LogP contribution in [0.15, 0.2) is 10.7 Å². The minimum Gasteiger partial charge on any atom is -0.449 e. The fourth-order valence-corrected chi connectivity index (χ4v) is 2.96. The predicted molar refractivity (Wildman–Crippen MR) is 86.7 cm³/mol. The highest BCUT2D eigenvalue weighted by molar-refractivity contribution is 6.16. The van der Waals surface area contributed by atoms with E-state index in [1.807, 2.05) is 0 Å². The van der Waals surface area contributed by atoms with Gasteiger partial charge in [-0.1, -0.05) is 19.3 Å². The van der Waals surface area contributed by atoms with Gasteiger partial charge < -0.3 is 15.1 Å². The SMILES string of the molecule is ClCc1coc(CCCNCCCNC2CCCCC2)n1. The number of hydrogen-bond acceptors (Lipinski definition) is 4. The van der Waals surface area contributed by atoms with Gasteiger partial charge in [0.1, 0.15) is 6.26 Å². The Bertz CT molecular complexity index is 377. The molecule has 0 spiro atoms. The normalized spacial score (nSPS) is 16.4. The van der Waals surface area contributed by atoms with Crippen molar-refractivity contribution in [1.82, 2.24) is 15.6 Å². The summed E-state index contributed by atoms with van der Waals surface area (Å²) in [4.78, 5) is 4.29. The molecule has 0 radical (unpaired) electrons. The molecule has 1 aromatic rings. The molecule has 4 nitrogen and oxygen atoms in total. The largest absolute Gasteiger partial charge is 0.449 e.